The third-order valence-electron chi connectivity index (χ3n) is 3.58. The highest BCUT2D eigenvalue weighted by atomic mass is 35.5. The molecule has 0 aromatic heterocycles. The Morgan fingerprint density at radius 1 is 1.50 bits per heavy atom. The topological polar surface area (TPSA) is 73.6 Å². The van der Waals surface area contributed by atoms with Crippen molar-refractivity contribution in [3.05, 3.63) is 24.0 Å². The van der Waals surface area contributed by atoms with E-state index in [2.05, 4.69) is 5.32 Å². The number of hydrogen-bond donors (Lipinski definition) is 2. The predicted octanol–water partition coefficient (Wildman–Crippen LogP) is 2.34. The number of carbonyl (C=O) groups excluding carboxylic acids is 1. The lowest BCUT2D eigenvalue weighted by Gasteiger charge is -2.26. The fourth-order valence-corrected chi connectivity index (χ4v) is 2.37. The van der Waals surface area contributed by atoms with Crippen molar-refractivity contribution in [2.45, 2.75) is 25.8 Å². The molecule has 0 saturated carbocycles. The molecule has 2 rings (SSSR count). The van der Waals surface area contributed by atoms with Crippen molar-refractivity contribution in [2.24, 2.45) is 11.7 Å². The lowest BCUT2D eigenvalue weighted by atomic mass is 9.92. The maximum absolute atomic E-state index is 13.7. The highest BCUT2D eigenvalue weighted by Gasteiger charge is 2.26. The second-order valence-corrected chi connectivity index (χ2v) is 5.04. The van der Waals surface area contributed by atoms with E-state index < -0.39 is 11.9 Å². The van der Waals surface area contributed by atoms with Crippen LogP contribution in [0.4, 0.5) is 10.1 Å². The molecule has 1 aliphatic rings. The van der Waals surface area contributed by atoms with Gasteiger partial charge in [-0.05, 0) is 37.8 Å². The summed E-state index contributed by atoms with van der Waals surface area (Å²) in [5, 5.41) is 2.65. The first-order chi connectivity index (χ1) is 10.1. The Morgan fingerprint density at radius 3 is 2.77 bits per heavy atom. The third kappa shape index (κ3) is 4.83. The van der Waals surface area contributed by atoms with Crippen LogP contribution in [-0.4, -0.2) is 31.8 Å². The molecule has 1 fully saturated rings. The van der Waals surface area contributed by atoms with Crippen molar-refractivity contribution in [3.8, 4) is 5.75 Å². The summed E-state index contributed by atoms with van der Waals surface area (Å²) in [4.78, 5) is 12.1. The van der Waals surface area contributed by atoms with E-state index in [-0.39, 0.29) is 30.0 Å². The van der Waals surface area contributed by atoms with Crippen LogP contribution in [0.15, 0.2) is 18.2 Å². The number of hydrogen-bond acceptors (Lipinski definition) is 4. The summed E-state index contributed by atoms with van der Waals surface area (Å²) in [5.74, 6) is -0.532. The first kappa shape index (κ1) is 18.7. The summed E-state index contributed by atoms with van der Waals surface area (Å²) >= 11 is 0. The molecule has 22 heavy (non-hydrogen) atoms. The Labute approximate surface area is 135 Å². The summed E-state index contributed by atoms with van der Waals surface area (Å²) < 4.78 is 24.1. The van der Waals surface area contributed by atoms with Crippen LogP contribution in [0.5, 0.6) is 5.75 Å². The molecule has 1 atom stereocenters. The molecule has 3 N–H and O–H groups in total. The van der Waals surface area contributed by atoms with Gasteiger partial charge >= 0.3 is 0 Å². The van der Waals surface area contributed by atoms with Crippen LogP contribution in [0.3, 0.4) is 0 Å². The van der Waals surface area contributed by atoms with Gasteiger partial charge < -0.3 is 20.5 Å². The lowest BCUT2D eigenvalue weighted by molar-refractivity contribution is -0.119. The van der Waals surface area contributed by atoms with Crippen LogP contribution < -0.4 is 15.8 Å². The summed E-state index contributed by atoms with van der Waals surface area (Å²) in [6, 6.07) is 3.72. The molecule has 1 aromatic carbocycles. The van der Waals surface area contributed by atoms with Crippen molar-refractivity contribution in [1.82, 2.24) is 0 Å². The van der Waals surface area contributed by atoms with Crippen molar-refractivity contribution in [2.75, 3.05) is 25.1 Å². The SMILES string of the molecule is CCOc1ccc(NC(=O)C(N)C2CCOCC2)cc1F.Cl. The molecule has 1 unspecified atom stereocenters. The average Bonchev–Trinajstić information content (AvgIpc) is 2.50. The normalized spacial score (nSPS) is 16.5. The Balaban J connectivity index is 0.00000242. The minimum absolute atomic E-state index is 0. The van der Waals surface area contributed by atoms with Crippen LogP contribution in [-0.2, 0) is 9.53 Å². The number of amides is 1. The highest BCUT2D eigenvalue weighted by molar-refractivity contribution is 5.94. The Hall–Kier alpha value is -1.37. The van der Waals surface area contributed by atoms with Gasteiger partial charge in [-0.25, -0.2) is 4.39 Å². The molecular weight excluding hydrogens is 311 g/mol. The molecule has 0 radical (unpaired) electrons. The predicted molar refractivity (Wildman–Crippen MR) is 85.0 cm³/mol. The molecule has 7 heteroatoms. The fourth-order valence-electron chi connectivity index (χ4n) is 2.37. The highest BCUT2D eigenvalue weighted by Crippen LogP contribution is 2.22. The molecule has 1 amide bonds. The monoisotopic (exact) mass is 332 g/mol. The number of benzene rings is 1. The van der Waals surface area contributed by atoms with Gasteiger partial charge in [0.1, 0.15) is 0 Å². The smallest absolute Gasteiger partial charge is 0.241 e. The van der Waals surface area contributed by atoms with E-state index >= 15 is 0 Å². The molecular formula is C15H22ClFN2O3. The van der Waals surface area contributed by atoms with Crippen LogP contribution in [0, 0.1) is 11.7 Å². The number of anilines is 1. The summed E-state index contributed by atoms with van der Waals surface area (Å²) in [6.45, 7) is 3.42. The van der Waals surface area contributed by atoms with Crippen LogP contribution in [0.2, 0.25) is 0 Å². The van der Waals surface area contributed by atoms with Gasteiger partial charge in [-0.2, -0.15) is 0 Å². The number of nitrogens with one attached hydrogen (secondary N) is 1. The fraction of sp³-hybridized carbons (Fsp3) is 0.533. The summed E-state index contributed by atoms with van der Waals surface area (Å²) in [7, 11) is 0. The zero-order valence-electron chi connectivity index (χ0n) is 12.5. The lowest BCUT2D eigenvalue weighted by Crippen LogP contribution is -2.44. The van der Waals surface area contributed by atoms with Crippen LogP contribution >= 0.6 is 12.4 Å². The maximum Gasteiger partial charge on any atom is 0.241 e. The van der Waals surface area contributed by atoms with E-state index in [4.69, 9.17) is 15.2 Å². The van der Waals surface area contributed by atoms with Crippen LogP contribution in [0.1, 0.15) is 19.8 Å². The van der Waals surface area contributed by atoms with Crippen LogP contribution in [0.25, 0.3) is 0 Å². The van der Waals surface area contributed by atoms with E-state index in [1.54, 1.807) is 13.0 Å². The second-order valence-electron chi connectivity index (χ2n) is 5.04. The van der Waals surface area contributed by atoms with Gasteiger partial charge in [0, 0.05) is 25.0 Å². The average molecular weight is 333 g/mol. The zero-order chi connectivity index (χ0) is 15.2. The Morgan fingerprint density at radius 2 is 2.18 bits per heavy atom. The third-order valence-corrected chi connectivity index (χ3v) is 3.58. The first-order valence-electron chi connectivity index (χ1n) is 7.18. The van der Waals surface area contributed by atoms with Crippen molar-refractivity contribution in [3.63, 3.8) is 0 Å². The number of halogens is 2. The summed E-state index contributed by atoms with van der Waals surface area (Å²) in [6.07, 6.45) is 1.54. The van der Waals surface area contributed by atoms with Gasteiger partial charge in [0.2, 0.25) is 5.91 Å². The van der Waals surface area contributed by atoms with E-state index in [9.17, 15) is 9.18 Å². The van der Waals surface area contributed by atoms with Crippen molar-refractivity contribution < 1.29 is 18.7 Å². The van der Waals surface area contributed by atoms with Gasteiger partial charge in [-0.15, -0.1) is 12.4 Å². The van der Waals surface area contributed by atoms with Gasteiger partial charge in [0.25, 0.3) is 0 Å². The van der Waals surface area contributed by atoms with E-state index in [0.29, 0.717) is 25.5 Å². The minimum atomic E-state index is -0.608. The quantitative estimate of drug-likeness (QED) is 0.868. The molecule has 1 aliphatic heterocycles. The zero-order valence-corrected chi connectivity index (χ0v) is 13.3. The second kappa shape index (κ2) is 8.92. The van der Waals surface area contributed by atoms with Gasteiger partial charge in [-0.3, -0.25) is 4.79 Å². The molecule has 0 spiro atoms. The first-order valence-corrected chi connectivity index (χ1v) is 7.18. The molecule has 1 aromatic rings. The van der Waals surface area contributed by atoms with E-state index in [1.807, 2.05) is 0 Å². The number of nitrogens with two attached hydrogens (primary N) is 1. The van der Waals surface area contributed by atoms with Gasteiger partial charge in [0.05, 0.1) is 12.6 Å². The molecule has 0 bridgehead atoms. The Kier molecular flexibility index (Phi) is 7.58. The molecule has 5 nitrogen and oxygen atoms in total. The molecule has 1 saturated heterocycles. The Bertz CT molecular complexity index is 496. The summed E-state index contributed by atoms with van der Waals surface area (Å²) in [5.41, 5.74) is 6.35. The molecule has 0 aliphatic carbocycles. The number of rotatable bonds is 5. The molecule has 124 valence electrons. The maximum atomic E-state index is 13.7. The standard InChI is InChI=1S/C15H21FN2O3.ClH/c1-2-21-13-4-3-11(9-12(13)16)18-15(19)14(17)10-5-7-20-8-6-10;/h3-4,9-10,14H,2,5-8,17H2,1H3,(H,18,19);1H. The minimum Gasteiger partial charge on any atom is -0.491 e. The number of carbonyl (C=O) groups is 1. The van der Waals surface area contributed by atoms with Gasteiger partial charge in [0.15, 0.2) is 11.6 Å². The van der Waals surface area contributed by atoms with Crippen molar-refractivity contribution in [1.29, 1.82) is 0 Å². The number of ether oxygens (including phenoxy) is 2. The molecule has 1 heterocycles. The largest absolute Gasteiger partial charge is 0.491 e. The van der Waals surface area contributed by atoms with Gasteiger partial charge in [-0.1, -0.05) is 0 Å². The van der Waals surface area contributed by atoms with Crippen molar-refractivity contribution >= 4 is 24.0 Å². The van der Waals surface area contributed by atoms with E-state index in [1.165, 1.54) is 12.1 Å². The van der Waals surface area contributed by atoms with E-state index in [0.717, 1.165) is 12.8 Å².